The number of amides is 1. The highest BCUT2D eigenvalue weighted by Crippen LogP contribution is 2.26. The largest absolute Gasteiger partial charge is 0.456 e. The van der Waals surface area contributed by atoms with Gasteiger partial charge in [-0.3, -0.25) is 9.59 Å². The van der Waals surface area contributed by atoms with Gasteiger partial charge in [0, 0.05) is 11.8 Å². The third-order valence-corrected chi connectivity index (χ3v) is 4.74. The van der Waals surface area contributed by atoms with Crippen LogP contribution in [-0.4, -0.2) is 5.91 Å². The molecule has 0 saturated carbocycles. The van der Waals surface area contributed by atoms with Crippen LogP contribution in [-0.2, 0) is 0 Å². The van der Waals surface area contributed by atoms with Crippen molar-refractivity contribution in [1.29, 1.82) is 0 Å². The van der Waals surface area contributed by atoms with Crippen molar-refractivity contribution in [3.8, 4) is 11.3 Å². The van der Waals surface area contributed by atoms with E-state index < -0.39 is 5.82 Å². The molecule has 0 aliphatic rings. The molecule has 0 bridgehead atoms. The Labute approximate surface area is 151 Å². The minimum Gasteiger partial charge on any atom is -0.456 e. The van der Waals surface area contributed by atoms with Gasteiger partial charge in [0.2, 0.25) is 0 Å². The van der Waals surface area contributed by atoms with E-state index in [0.29, 0.717) is 21.5 Å². The molecule has 0 aliphatic carbocycles. The van der Waals surface area contributed by atoms with Crippen molar-refractivity contribution in [2.45, 2.75) is 0 Å². The Hall–Kier alpha value is -3.25. The first kappa shape index (κ1) is 16.2. The van der Waals surface area contributed by atoms with Crippen LogP contribution in [0, 0.1) is 5.82 Å². The highest BCUT2D eigenvalue weighted by atomic mass is 32.1. The number of carbonyl (C=O) groups is 1. The van der Waals surface area contributed by atoms with Crippen LogP contribution in [0.5, 0.6) is 0 Å². The van der Waals surface area contributed by atoms with Gasteiger partial charge in [-0.15, -0.1) is 11.3 Å². The number of hydrogen-bond donors (Lipinski definition) is 1. The highest BCUT2D eigenvalue weighted by Gasteiger charge is 2.12. The number of benzene rings is 2. The summed E-state index contributed by atoms with van der Waals surface area (Å²) >= 11 is 1.33. The second kappa shape index (κ2) is 6.57. The molecule has 6 heteroatoms. The van der Waals surface area contributed by atoms with Gasteiger partial charge in [0.1, 0.15) is 17.2 Å². The maximum Gasteiger partial charge on any atom is 0.265 e. The summed E-state index contributed by atoms with van der Waals surface area (Å²) in [6.07, 6.45) is 0. The zero-order valence-electron chi connectivity index (χ0n) is 13.4. The molecular formula is C20H12FNO3S. The summed E-state index contributed by atoms with van der Waals surface area (Å²) in [6, 6.07) is 15.6. The summed E-state index contributed by atoms with van der Waals surface area (Å²) < 4.78 is 19.6. The van der Waals surface area contributed by atoms with Gasteiger partial charge >= 0.3 is 0 Å². The fourth-order valence-electron chi connectivity index (χ4n) is 2.63. The molecule has 1 amide bonds. The lowest BCUT2D eigenvalue weighted by Gasteiger charge is -2.07. The second-order valence-electron chi connectivity index (χ2n) is 5.60. The van der Waals surface area contributed by atoms with E-state index >= 15 is 0 Å². The van der Waals surface area contributed by atoms with E-state index in [4.69, 9.17) is 4.42 Å². The predicted molar refractivity (Wildman–Crippen MR) is 100 cm³/mol. The van der Waals surface area contributed by atoms with Gasteiger partial charge in [0.25, 0.3) is 5.91 Å². The SMILES string of the molecule is O=C(Nc1ccc2oc(-c3ccccc3F)cc(=O)c2c1)c1cccs1. The van der Waals surface area contributed by atoms with Crippen LogP contribution in [0.15, 0.2) is 75.3 Å². The molecule has 0 radical (unpaired) electrons. The van der Waals surface area contributed by atoms with Crippen LogP contribution < -0.4 is 10.7 Å². The molecule has 2 aromatic heterocycles. The average Bonchev–Trinajstić information content (AvgIpc) is 3.17. The number of carbonyl (C=O) groups excluding carboxylic acids is 1. The van der Waals surface area contributed by atoms with Crippen molar-refractivity contribution in [3.05, 3.63) is 87.0 Å². The molecule has 4 aromatic rings. The standard InChI is InChI=1S/C20H12FNO3S/c21-15-5-2-1-4-13(15)18-11-16(23)14-10-12(7-8-17(14)25-18)22-20(24)19-6-3-9-26-19/h1-11H,(H,22,24). The van der Waals surface area contributed by atoms with E-state index in [9.17, 15) is 14.0 Å². The molecule has 0 atom stereocenters. The summed E-state index contributed by atoms with van der Waals surface area (Å²) in [5.74, 6) is -0.544. The summed E-state index contributed by atoms with van der Waals surface area (Å²) in [5, 5.41) is 4.88. The van der Waals surface area contributed by atoms with Gasteiger partial charge in [-0.25, -0.2) is 4.39 Å². The fourth-order valence-corrected chi connectivity index (χ4v) is 3.25. The summed E-state index contributed by atoms with van der Waals surface area (Å²) in [5.41, 5.74) is 0.727. The lowest BCUT2D eigenvalue weighted by atomic mass is 10.1. The maximum atomic E-state index is 13.9. The lowest BCUT2D eigenvalue weighted by molar-refractivity contribution is 0.103. The fraction of sp³-hybridized carbons (Fsp3) is 0. The molecule has 4 nitrogen and oxygen atoms in total. The minimum atomic E-state index is -0.463. The van der Waals surface area contributed by atoms with Crippen LogP contribution in [0.1, 0.15) is 9.67 Å². The maximum absolute atomic E-state index is 13.9. The number of rotatable bonds is 3. The Bertz CT molecular complexity index is 1170. The topological polar surface area (TPSA) is 59.3 Å². The predicted octanol–water partition coefficient (Wildman–Crippen LogP) is 4.91. The summed E-state index contributed by atoms with van der Waals surface area (Å²) in [4.78, 5) is 25.2. The zero-order chi connectivity index (χ0) is 18.1. The number of anilines is 1. The van der Waals surface area contributed by atoms with Crippen molar-refractivity contribution < 1.29 is 13.6 Å². The molecule has 0 fully saturated rings. The number of fused-ring (bicyclic) bond motifs is 1. The minimum absolute atomic E-state index is 0.163. The molecule has 4 rings (SSSR count). The first-order valence-electron chi connectivity index (χ1n) is 7.79. The summed E-state index contributed by atoms with van der Waals surface area (Å²) in [7, 11) is 0. The second-order valence-corrected chi connectivity index (χ2v) is 6.54. The van der Waals surface area contributed by atoms with Gasteiger partial charge in [-0.05, 0) is 41.8 Å². The molecule has 0 spiro atoms. The van der Waals surface area contributed by atoms with Crippen LogP contribution in [0.2, 0.25) is 0 Å². The number of nitrogens with one attached hydrogen (secondary N) is 1. The van der Waals surface area contributed by atoms with Crippen molar-refractivity contribution in [3.63, 3.8) is 0 Å². The van der Waals surface area contributed by atoms with Crippen molar-refractivity contribution >= 4 is 33.9 Å². The number of thiophene rings is 1. The van der Waals surface area contributed by atoms with Crippen molar-refractivity contribution in [2.24, 2.45) is 0 Å². The smallest absolute Gasteiger partial charge is 0.265 e. The molecule has 0 unspecified atom stereocenters. The number of halogens is 1. The van der Waals surface area contributed by atoms with Gasteiger partial charge in [-0.1, -0.05) is 18.2 Å². The molecule has 0 aliphatic heterocycles. The van der Waals surface area contributed by atoms with E-state index in [1.54, 1.807) is 48.5 Å². The van der Waals surface area contributed by atoms with Crippen LogP contribution in [0.4, 0.5) is 10.1 Å². The Kier molecular flexibility index (Phi) is 4.10. The van der Waals surface area contributed by atoms with Gasteiger partial charge in [-0.2, -0.15) is 0 Å². The Morgan fingerprint density at radius 3 is 2.65 bits per heavy atom. The molecule has 0 saturated heterocycles. The van der Waals surface area contributed by atoms with Crippen LogP contribution >= 0.6 is 11.3 Å². The monoisotopic (exact) mass is 365 g/mol. The quantitative estimate of drug-likeness (QED) is 0.561. The van der Waals surface area contributed by atoms with Gasteiger partial charge in [0.15, 0.2) is 5.43 Å². The van der Waals surface area contributed by atoms with Gasteiger partial charge < -0.3 is 9.73 Å². The lowest BCUT2D eigenvalue weighted by Crippen LogP contribution is -2.10. The molecule has 2 heterocycles. The first-order valence-corrected chi connectivity index (χ1v) is 8.67. The van der Waals surface area contributed by atoms with E-state index in [1.165, 1.54) is 23.5 Å². The Morgan fingerprint density at radius 2 is 1.88 bits per heavy atom. The average molecular weight is 365 g/mol. The van der Waals surface area contributed by atoms with E-state index in [1.807, 2.05) is 5.38 Å². The van der Waals surface area contributed by atoms with Crippen LogP contribution in [0.25, 0.3) is 22.3 Å². The highest BCUT2D eigenvalue weighted by molar-refractivity contribution is 7.12. The van der Waals surface area contributed by atoms with Crippen LogP contribution in [0.3, 0.4) is 0 Å². The Balaban J connectivity index is 1.73. The molecule has 2 aromatic carbocycles. The van der Waals surface area contributed by atoms with Crippen molar-refractivity contribution in [2.75, 3.05) is 5.32 Å². The molecule has 128 valence electrons. The van der Waals surface area contributed by atoms with Gasteiger partial charge in [0.05, 0.1) is 15.8 Å². The molecule has 26 heavy (non-hydrogen) atoms. The third-order valence-electron chi connectivity index (χ3n) is 3.87. The van der Waals surface area contributed by atoms with Crippen molar-refractivity contribution in [1.82, 2.24) is 0 Å². The normalized spacial score (nSPS) is 10.8. The zero-order valence-corrected chi connectivity index (χ0v) is 14.2. The first-order chi connectivity index (χ1) is 12.6. The van der Waals surface area contributed by atoms with E-state index in [2.05, 4.69) is 5.32 Å². The van der Waals surface area contributed by atoms with E-state index in [0.717, 1.165) is 0 Å². The summed E-state index contributed by atoms with van der Waals surface area (Å²) in [6.45, 7) is 0. The molecule has 1 N–H and O–H groups in total. The Morgan fingerprint density at radius 1 is 1.04 bits per heavy atom. The number of hydrogen-bond acceptors (Lipinski definition) is 4. The van der Waals surface area contributed by atoms with E-state index in [-0.39, 0.29) is 22.7 Å². The third kappa shape index (κ3) is 3.02. The molecular weight excluding hydrogens is 353 g/mol.